The molecule has 5 nitrogen and oxygen atoms in total. The molecule has 1 amide bonds. The van der Waals surface area contributed by atoms with Gasteiger partial charge >= 0.3 is 5.97 Å². The van der Waals surface area contributed by atoms with Crippen LogP contribution >= 0.6 is 11.6 Å². The number of rotatable bonds is 3. The predicted octanol–water partition coefficient (Wildman–Crippen LogP) is 3.06. The van der Waals surface area contributed by atoms with Gasteiger partial charge in [0, 0.05) is 5.69 Å². The number of hydrogen-bond acceptors (Lipinski definition) is 3. The Bertz CT molecular complexity index is 595. The average molecular weight is 296 g/mol. The molecule has 6 heteroatoms. The number of benzene rings is 1. The number of allylic oxidation sites excluding steroid dienone is 1. The minimum Gasteiger partial charge on any atom is -0.498 e. The Morgan fingerprint density at radius 1 is 1.40 bits per heavy atom. The van der Waals surface area contributed by atoms with E-state index in [0.717, 1.165) is 6.42 Å². The monoisotopic (exact) mass is 295 g/mol. The van der Waals surface area contributed by atoms with Gasteiger partial charge in [0.05, 0.1) is 22.8 Å². The maximum absolute atomic E-state index is 12.1. The van der Waals surface area contributed by atoms with Crippen LogP contribution in [0.2, 0.25) is 5.02 Å². The number of nitrogens with one attached hydrogen (secondary N) is 1. The van der Waals surface area contributed by atoms with Crippen LogP contribution in [0.15, 0.2) is 29.5 Å². The topological polar surface area (TPSA) is 75.6 Å². The Hall–Kier alpha value is -2.01. The second-order valence-corrected chi connectivity index (χ2v) is 4.85. The minimum atomic E-state index is -1.14. The third kappa shape index (κ3) is 3.11. The zero-order valence-corrected chi connectivity index (χ0v) is 11.7. The van der Waals surface area contributed by atoms with E-state index in [1.165, 1.54) is 12.1 Å². The number of carboxylic acid groups (broad SMARTS) is 1. The van der Waals surface area contributed by atoms with E-state index in [4.69, 9.17) is 21.4 Å². The van der Waals surface area contributed by atoms with Gasteiger partial charge < -0.3 is 15.2 Å². The van der Waals surface area contributed by atoms with Crippen molar-refractivity contribution >= 4 is 29.2 Å². The molecule has 20 heavy (non-hydrogen) atoms. The Morgan fingerprint density at radius 2 is 2.15 bits per heavy atom. The molecule has 0 spiro atoms. The molecule has 1 aliphatic rings. The molecule has 0 aromatic heterocycles. The van der Waals surface area contributed by atoms with Crippen LogP contribution < -0.4 is 5.32 Å². The molecular weight excluding hydrogens is 282 g/mol. The number of aromatic carboxylic acids is 1. The minimum absolute atomic E-state index is 0.0462. The molecular formula is C14H14ClNO4. The van der Waals surface area contributed by atoms with Gasteiger partial charge in [-0.1, -0.05) is 11.6 Å². The molecule has 0 bridgehead atoms. The second kappa shape index (κ2) is 5.96. The van der Waals surface area contributed by atoms with Crippen LogP contribution in [-0.4, -0.2) is 23.6 Å². The molecule has 1 heterocycles. The fourth-order valence-electron chi connectivity index (χ4n) is 1.98. The van der Waals surface area contributed by atoms with Crippen molar-refractivity contribution in [2.45, 2.75) is 19.8 Å². The maximum atomic E-state index is 12.1. The summed E-state index contributed by atoms with van der Waals surface area (Å²) in [5.41, 5.74) is 0.931. The van der Waals surface area contributed by atoms with Crippen molar-refractivity contribution in [1.29, 1.82) is 0 Å². The zero-order valence-electron chi connectivity index (χ0n) is 10.9. The molecule has 0 aliphatic carbocycles. The highest BCUT2D eigenvalue weighted by atomic mass is 35.5. The van der Waals surface area contributed by atoms with Crippen molar-refractivity contribution in [3.05, 3.63) is 40.1 Å². The Morgan fingerprint density at radius 3 is 2.80 bits per heavy atom. The number of anilines is 1. The van der Waals surface area contributed by atoms with Gasteiger partial charge in [0.25, 0.3) is 5.91 Å². The highest BCUT2D eigenvalue weighted by Crippen LogP contribution is 2.23. The molecule has 0 radical (unpaired) electrons. The molecule has 2 N–H and O–H groups in total. The molecule has 0 saturated heterocycles. The van der Waals surface area contributed by atoms with Gasteiger partial charge in [0.2, 0.25) is 0 Å². The lowest BCUT2D eigenvalue weighted by Crippen LogP contribution is -2.19. The molecule has 1 aromatic rings. The summed E-state index contributed by atoms with van der Waals surface area (Å²) in [5, 5.41) is 11.8. The highest BCUT2D eigenvalue weighted by molar-refractivity contribution is 6.33. The van der Waals surface area contributed by atoms with Crippen LogP contribution in [0, 0.1) is 0 Å². The number of halogens is 1. The van der Waals surface area contributed by atoms with E-state index in [-0.39, 0.29) is 16.5 Å². The molecule has 0 fully saturated rings. The quantitative estimate of drug-likeness (QED) is 0.898. The lowest BCUT2D eigenvalue weighted by atomic mass is 10.1. The lowest BCUT2D eigenvalue weighted by molar-refractivity contribution is -0.113. The first kappa shape index (κ1) is 14.4. The van der Waals surface area contributed by atoms with Gasteiger partial charge in [-0.2, -0.15) is 0 Å². The highest BCUT2D eigenvalue weighted by Gasteiger charge is 2.18. The molecule has 106 valence electrons. The van der Waals surface area contributed by atoms with E-state index in [9.17, 15) is 9.59 Å². The molecule has 1 aliphatic heterocycles. The first-order chi connectivity index (χ1) is 9.49. The normalized spacial score (nSPS) is 14.7. The third-order valence-electron chi connectivity index (χ3n) is 3.04. The summed E-state index contributed by atoms with van der Waals surface area (Å²) >= 11 is 5.78. The summed E-state index contributed by atoms with van der Waals surface area (Å²) < 4.78 is 5.33. The van der Waals surface area contributed by atoms with Crippen LogP contribution in [0.1, 0.15) is 30.1 Å². The Kier molecular flexibility index (Phi) is 4.29. The smallest absolute Gasteiger partial charge is 0.337 e. The van der Waals surface area contributed by atoms with Crippen molar-refractivity contribution in [1.82, 2.24) is 0 Å². The second-order valence-electron chi connectivity index (χ2n) is 4.44. The van der Waals surface area contributed by atoms with Gasteiger partial charge in [0.1, 0.15) is 5.76 Å². The number of amides is 1. The van der Waals surface area contributed by atoms with Crippen LogP contribution in [0.3, 0.4) is 0 Å². The summed E-state index contributed by atoms with van der Waals surface area (Å²) in [5.74, 6) is -0.801. The number of ether oxygens (including phenoxy) is 1. The molecule has 0 saturated carbocycles. The average Bonchev–Trinajstić information content (AvgIpc) is 2.41. The van der Waals surface area contributed by atoms with Crippen molar-refractivity contribution < 1.29 is 19.4 Å². The van der Waals surface area contributed by atoms with Gasteiger partial charge in [-0.05, 0) is 38.0 Å². The van der Waals surface area contributed by atoms with Crippen molar-refractivity contribution in [3.63, 3.8) is 0 Å². The largest absolute Gasteiger partial charge is 0.498 e. The number of carbonyl (C=O) groups excluding carboxylic acids is 1. The summed E-state index contributed by atoms with van der Waals surface area (Å²) in [6, 6.07) is 4.34. The van der Waals surface area contributed by atoms with Crippen molar-refractivity contribution in [2.75, 3.05) is 11.9 Å². The fraction of sp³-hybridized carbons (Fsp3) is 0.286. The van der Waals surface area contributed by atoms with Gasteiger partial charge in [-0.15, -0.1) is 0 Å². The zero-order chi connectivity index (χ0) is 14.7. The van der Waals surface area contributed by atoms with E-state index in [0.29, 0.717) is 30.0 Å². The first-order valence-electron chi connectivity index (χ1n) is 6.16. The molecule has 2 rings (SSSR count). The van der Waals surface area contributed by atoms with Gasteiger partial charge in [-0.25, -0.2) is 4.79 Å². The summed E-state index contributed by atoms with van der Waals surface area (Å²) in [4.78, 5) is 23.1. The van der Waals surface area contributed by atoms with Crippen LogP contribution in [-0.2, 0) is 9.53 Å². The number of hydrogen-bond donors (Lipinski definition) is 2. The standard InChI is InChI=1S/C14H14ClNO4/c1-8-10(3-2-6-20-8)13(17)16-9-4-5-12(15)11(7-9)14(18)19/h4-5,7H,2-3,6H2,1H3,(H,16,17)(H,18,19). The third-order valence-corrected chi connectivity index (χ3v) is 3.37. The van der Waals surface area contributed by atoms with E-state index >= 15 is 0 Å². The lowest BCUT2D eigenvalue weighted by Gasteiger charge is -2.18. The van der Waals surface area contributed by atoms with Gasteiger partial charge in [0.15, 0.2) is 0 Å². The van der Waals surface area contributed by atoms with E-state index in [2.05, 4.69) is 5.32 Å². The van der Waals surface area contributed by atoms with E-state index in [1.807, 2.05) is 0 Å². The Balaban J connectivity index is 2.20. The molecule has 0 unspecified atom stereocenters. The first-order valence-corrected chi connectivity index (χ1v) is 6.53. The van der Waals surface area contributed by atoms with Crippen LogP contribution in [0.25, 0.3) is 0 Å². The fourth-order valence-corrected chi connectivity index (χ4v) is 2.18. The van der Waals surface area contributed by atoms with Crippen LogP contribution in [0.5, 0.6) is 0 Å². The van der Waals surface area contributed by atoms with Crippen molar-refractivity contribution in [3.8, 4) is 0 Å². The summed E-state index contributed by atoms with van der Waals surface area (Å²) in [6.07, 6.45) is 1.44. The molecule has 0 atom stereocenters. The van der Waals surface area contributed by atoms with Crippen LogP contribution in [0.4, 0.5) is 5.69 Å². The summed E-state index contributed by atoms with van der Waals surface area (Å²) in [6.45, 7) is 2.37. The number of carboxylic acids is 1. The SMILES string of the molecule is CC1=C(C(=O)Nc2ccc(Cl)c(C(=O)O)c2)CCCO1. The van der Waals surface area contributed by atoms with Crippen molar-refractivity contribution in [2.24, 2.45) is 0 Å². The number of carbonyl (C=O) groups is 2. The Labute approximate surface area is 121 Å². The molecule has 1 aromatic carbocycles. The van der Waals surface area contributed by atoms with E-state index < -0.39 is 5.97 Å². The van der Waals surface area contributed by atoms with E-state index in [1.54, 1.807) is 13.0 Å². The summed E-state index contributed by atoms with van der Waals surface area (Å²) in [7, 11) is 0. The van der Waals surface area contributed by atoms with Gasteiger partial charge in [-0.3, -0.25) is 4.79 Å². The maximum Gasteiger partial charge on any atom is 0.337 e. The predicted molar refractivity (Wildman–Crippen MR) is 74.9 cm³/mol.